The lowest BCUT2D eigenvalue weighted by Crippen LogP contribution is -2.01. The Morgan fingerprint density at radius 3 is 2.92 bits per heavy atom. The van der Waals surface area contributed by atoms with E-state index in [4.69, 9.17) is 5.73 Å². The van der Waals surface area contributed by atoms with Crippen LogP contribution in [-0.2, 0) is 0 Å². The molecule has 0 saturated heterocycles. The lowest BCUT2D eigenvalue weighted by atomic mass is 10.2. The topological polar surface area (TPSA) is 58.3 Å². The molecule has 0 unspecified atom stereocenters. The van der Waals surface area contributed by atoms with Gasteiger partial charge in [-0.2, -0.15) is 0 Å². The largest absolute Gasteiger partial charge is 0.506 e. The molecule has 13 heavy (non-hydrogen) atoms. The second-order valence-electron chi connectivity index (χ2n) is 3.06. The summed E-state index contributed by atoms with van der Waals surface area (Å²) < 4.78 is 0. The molecule has 4 N–H and O–H groups in total. The van der Waals surface area contributed by atoms with Crippen LogP contribution in [0.4, 0.5) is 11.4 Å². The van der Waals surface area contributed by atoms with Gasteiger partial charge in [0, 0.05) is 12.2 Å². The molecular formula is C10H16N2O. The van der Waals surface area contributed by atoms with E-state index >= 15 is 0 Å². The molecule has 0 aliphatic rings. The van der Waals surface area contributed by atoms with E-state index < -0.39 is 0 Å². The molecule has 0 bridgehead atoms. The van der Waals surface area contributed by atoms with Gasteiger partial charge in [0.25, 0.3) is 0 Å². The molecule has 1 rings (SSSR count). The van der Waals surface area contributed by atoms with Gasteiger partial charge in [-0.1, -0.05) is 13.3 Å². The van der Waals surface area contributed by atoms with Crippen LogP contribution < -0.4 is 11.1 Å². The van der Waals surface area contributed by atoms with Crippen LogP contribution in [0.2, 0.25) is 0 Å². The van der Waals surface area contributed by atoms with Gasteiger partial charge in [-0.25, -0.2) is 0 Å². The number of nitrogens with one attached hydrogen (secondary N) is 1. The quantitative estimate of drug-likeness (QED) is 0.288. The molecule has 0 atom stereocenters. The van der Waals surface area contributed by atoms with Crippen molar-refractivity contribution in [3.05, 3.63) is 18.2 Å². The van der Waals surface area contributed by atoms with Crippen molar-refractivity contribution in [2.75, 3.05) is 17.6 Å². The molecule has 0 fully saturated rings. The third kappa shape index (κ3) is 2.86. The molecule has 0 aliphatic carbocycles. The highest BCUT2D eigenvalue weighted by Crippen LogP contribution is 2.24. The predicted octanol–water partition coefficient (Wildman–Crippen LogP) is 2.19. The van der Waals surface area contributed by atoms with Crippen molar-refractivity contribution in [3.8, 4) is 5.75 Å². The monoisotopic (exact) mass is 180 g/mol. The number of nitrogens with two attached hydrogens (primary N) is 1. The summed E-state index contributed by atoms with van der Waals surface area (Å²) in [5, 5.41) is 12.5. The maximum absolute atomic E-state index is 9.42. The van der Waals surface area contributed by atoms with Gasteiger partial charge in [0.05, 0.1) is 5.69 Å². The molecule has 3 heteroatoms. The molecule has 3 nitrogen and oxygen atoms in total. The highest BCUT2D eigenvalue weighted by Gasteiger charge is 1.99. The second-order valence-corrected chi connectivity index (χ2v) is 3.06. The smallest absolute Gasteiger partial charge is 0.138 e. The number of benzene rings is 1. The highest BCUT2D eigenvalue weighted by atomic mass is 16.3. The summed E-state index contributed by atoms with van der Waals surface area (Å²) in [6.45, 7) is 2.99. The molecule has 1 aromatic rings. The number of hydrogen-bond acceptors (Lipinski definition) is 3. The predicted molar refractivity (Wildman–Crippen MR) is 55.9 cm³/mol. The first-order chi connectivity index (χ1) is 6.24. The van der Waals surface area contributed by atoms with E-state index in [2.05, 4.69) is 12.2 Å². The van der Waals surface area contributed by atoms with E-state index in [1.807, 2.05) is 0 Å². The van der Waals surface area contributed by atoms with Crippen molar-refractivity contribution in [2.24, 2.45) is 0 Å². The number of aromatic hydroxyl groups is 1. The zero-order valence-electron chi connectivity index (χ0n) is 7.88. The van der Waals surface area contributed by atoms with Gasteiger partial charge in [0.1, 0.15) is 5.75 Å². The van der Waals surface area contributed by atoms with Crippen molar-refractivity contribution in [2.45, 2.75) is 19.8 Å². The Labute approximate surface area is 78.6 Å². The summed E-state index contributed by atoms with van der Waals surface area (Å²) in [7, 11) is 0. The maximum atomic E-state index is 9.42. The van der Waals surface area contributed by atoms with Crippen molar-refractivity contribution in [1.29, 1.82) is 0 Å². The summed E-state index contributed by atoms with van der Waals surface area (Å²) in [6.07, 6.45) is 2.23. The fourth-order valence-corrected chi connectivity index (χ4v) is 1.10. The highest BCUT2D eigenvalue weighted by molar-refractivity contribution is 5.62. The van der Waals surface area contributed by atoms with Gasteiger partial charge in [-0.05, 0) is 24.6 Å². The van der Waals surface area contributed by atoms with Crippen molar-refractivity contribution < 1.29 is 5.11 Å². The van der Waals surface area contributed by atoms with Gasteiger partial charge in [0.15, 0.2) is 0 Å². The normalized spacial score (nSPS) is 9.92. The van der Waals surface area contributed by atoms with Gasteiger partial charge in [-0.15, -0.1) is 0 Å². The summed E-state index contributed by atoms with van der Waals surface area (Å²) >= 11 is 0. The zero-order valence-corrected chi connectivity index (χ0v) is 7.88. The van der Waals surface area contributed by atoms with E-state index in [1.165, 1.54) is 0 Å². The zero-order chi connectivity index (χ0) is 9.68. The number of rotatable bonds is 4. The summed E-state index contributed by atoms with van der Waals surface area (Å²) in [5.74, 6) is 0.255. The average molecular weight is 180 g/mol. The van der Waals surface area contributed by atoms with Gasteiger partial charge in [-0.3, -0.25) is 0 Å². The van der Waals surface area contributed by atoms with E-state index in [1.54, 1.807) is 18.2 Å². The summed E-state index contributed by atoms with van der Waals surface area (Å²) in [6, 6.07) is 5.02. The lowest BCUT2D eigenvalue weighted by molar-refractivity contribution is 0.477. The van der Waals surface area contributed by atoms with E-state index in [0.29, 0.717) is 11.4 Å². The van der Waals surface area contributed by atoms with Gasteiger partial charge >= 0.3 is 0 Å². The Bertz CT molecular complexity index is 274. The number of unbranched alkanes of at least 4 members (excludes halogenated alkanes) is 1. The van der Waals surface area contributed by atoms with E-state index in [9.17, 15) is 5.11 Å². The number of nitrogen functional groups attached to an aromatic ring is 1. The van der Waals surface area contributed by atoms with Crippen LogP contribution >= 0.6 is 0 Å². The minimum Gasteiger partial charge on any atom is -0.506 e. The summed E-state index contributed by atoms with van der Waals surface area (Å²) in [4.78, 5) is 0. The second kappa shape index (κ2) is 4.60. The number of phenolic OH excluding ortho intramolecular Hbond substituents is 1. The minimum atomic E-state index is 0.255. The van der Waals surface area contributed by atoms with Crippen molar-refractivity contribution >= 4 is 11.4 Å². The first-order valence-electron chi connectivity index (χ1n) is 4.56. The molecule has 1 aromatic carbocycles. The Balaban J connectivity index is 2.59. The number of phenols is 1. The van der Waals surface area contributed by atoms with Gasteiger partial charge in [0.2, 0.25) is 0 Å². The maximum Gasteiger partial charge on any atom is 0.138 e. The molecular weight excluding hydrogens is 164 g/mol. The number of hydrogen-bond donors (Lipinski definition) is 3. The molecule has 0 aliphatic heterocycles. The van der Waals surface area contributed by atoms with Crippen LogP contribution in [0, 0.1) is 0 Å². The summed E-state index contributed by atoms with van der Waals surface area (Å²) in [5.41, 5.74) is 6.96. The standard InChI is InChI=1S/C10H16N2O/c1-2-3-6-12-9-7-8(11)4-5-10(9)13/h4-5,7,12-13H,2-3,6,11H2,1H3. The van der Waals surface area contributed by atoms with Crippen LogP contribution in [0.3, 0.4) is 0 Å². The lowest BCUT2D eigenvalue weighted by Gasteiger charge is -2.07. The molecule has 0 spiro atoms. The molecule has 0 heterocycles. The Kier molecular flexibility index (Phi) is 3.43. The van der Waals surface area contributed by atoms with Crippen LogP contribution in [0.1, 0.15) is 19.8 Å². The fourth-order valence-electron chi connectivity index (χ4n) is 1.10. The Morgan fingerprint density at radius 2 is 2.23 bits per heavy atom. The third-order valence-electron chi connectivity index (χ3n) is 1.87. The van der Waals surface area contributed by atoms with Crippen LogP contribution in [-0.4, -0.2) is 11.7 Å². The minimum absolute atomic E-state index is 0.255. The molecule has 0 radical (unpaired) electrons. The first-order valence-corrected chi connectivity index (χ1v) is 4.56. The SMILES string of the molecule is CCCCNc1cc(N)ccc1O. The third-order valence-corrected chi connectivity index (χ3v) is 1.87. The van der Waals surface area contributed by atoms with E-state index in [-0.39, 0.29) is 5.75 Å². The van der Waals surface area contributed by atoms with Crippen molar-refractivity contribution in [1.82, 2.24) is 0 Å². The molecule has 0 aromatic heterocycles. The first kappa shape index (κ1) is 9.71. The average Bonchev–Trinajstić information content (AvgIpc) is 2.11. The molecule has 72 valence electrons. The van der Waals surface area contributed by atoms with Crippen LogP contribution in [0.25, 0.3) is 0 Å². The van der Waals surface area contributed by atoms with Gasteiger partial charge < -0.3 is 16.2 Å². The Hall–Kier alpha value is -1.38. The molecule has 0 amide bonds. The molecule has 0 saturated carbocycles. The van der Waals surface area contributed by atoms with E-state index in [0.717, 1.165) is 19.4 Å². The van der Waals surface area contributed by atoms with Crippen molar-refractivity contribution in [3.63, 3.8) is 0 Å². The number of anilines is 2. The Morgan fingerprint density at radius 1 is 1.46 bits per heavy atom. The van der Waals surface area contributed by atoms with Crippen LogP contribution in [0.5, 0.6) is 5.75 Å². The van der Waals surface area contributed by atoms with Crippen LogP contribution in [0.15, 0.2) is 18.2 Å². The fraction of sp³-hybridized carbons (Fsp3) is 0.400.